The lowest BCUT2D eigenvalue weighted by atomic mass is 10.2. The topological polar surface area (TPSA) is 15.8 Å². The predicted octanol–water partition coefficient (Wildman–Crippen LogP) is 0.902. The number of rotatable bonds is 2. The lowest BCUT2D eigenvalue weighted by molar-refractivity contribution is 0.223. The minimum Gasteiger partial charge on any atom is -0.367 e. The van der Waals surface area contributed by atoms with Gasteiger partial charge in [-0.15, -0.1) is 11.6 Å². The molecular formula is C6H12ClNO. The fourth-order valence-electron chi connectivity index (χ4n) is 0.798. The van der Waals surface area contributed by atoms with Crippen LogP contribution in [0.15, 0.2) is 0 Å². The van der Waals surface area contributed by atoms with Crippen molar-refractivity contribution in [1.82, 2.24) is 4.90 Å². The molecule has 2 unspecified atom stereocenters. The lowest BCUT2D eigenvalue weighted by Crippen LogP contribution is -2.34. The molecule has 1 fully saturated rings. The summed E-state index contributed by atoms with van der Waals surface area (Å²) in [4.78, 5) is 1.95. The molecule has 0 radical (unpaired) electrons. The third kappa shape index (κ3) is 1.37. The zero-order valence-electron chi connectivity index (χ0n) is 6.02. The zero-order valence-corrected chi connectivity index (χ0v) is 6.77. The van der Waals surface area contributed by atoms with E-state index in [2.05, 4.69) is 0 Å². The summed E-state index contributed by atoms with van der Waals surface area (Å²) in [6.07, 6.45) is 0. The first kappa shape index (κ1) is 7.32. The summed E-state index contributed by atoms with van der Waals surface area (Å²) in [5.74, 6) is 0. The second-order valence-corrected chi connectivity index (χ2v) is 3.31. The van der Waals surface area contributed by atoms with Gasteiger partial charge in [0.25, 0.3) is 0 Å². The van der Waals surface area contributed by atoms with Gasteiger partial charge in [-0.2, -0.15) is 0 Å². The number of ether oxygens (including phenoxy) is 1. The molecule has 1 aliphatic rings. The molecule has 0 aromatic carbocycles. The molecule has 0 saturated carbocycles. The minimum absolute atomic E-state index is 0.0116. The summed E-state index contributed by atoms with van der Waals surface area (Å²) in [5, 5.41) is 0. The summed E-state index contributed by atoms with van der Waals surface area (Å²) in [5.41, 5.74) is -0.0667. The van der Waals surface area contributed by atoms with Crippen LogP contribution in [0, 0.1) is 0 Å². The number of hydrogen-bond acceptors (Lipinski definition) is 2. The first-order valence-electron chi connectivity index (χ1n) is 3.01. The Morgan fingerprint density at radius 3 is 2.22 bits per heavy atom. The molecule has 1 saturated heterocycles. The molecule has 0 spiro atoms. The normalized spacial score (nSPS) is 37.0. The highest BCUT2D eigenvalue weighted by atomic mass is 35.5. The molecule has 3 heteroatoms. The fourth-order valence-corrected chi connectivity index (χ4v) is 0.924. The fraction of sp³-hybridized carbons (Fsp3) is 1.00. The quantitative estimate of drug-likeness (QED) is 0.330. The SMILES string of the molecule is CN(C)C(Cl)C1(C)CO1. The maximum absolute atomic E-state index is 5.96. The minimum atomic E-state index is -0.0783. The number of halogens is 1. The predicted molar refractivity (Wildman–Crippen MR) is 37.7 cm³/mol. The van der Waals surface area contributed by atoms with E-state index >= 15 is 0 Å². The van der Waals surface area contributed by atoms with Crippen LogP contribution < -0.4 is 0 Å². The number of alkyl halides is 1. The van der Waals surface area contributed by atoms with Crippen molar-refractivity contribution in [2.75, 3.05) is 20.7 Å². The molecule has 1 heterocycles. The van der Waals surface area contributed by atoms with Crippen LogP contribution in [0.25, 0.3) is 0 Å². The van der Waals surface area contributed by atoms with Gasteiger partial charge in [-0.05, 0) is 21.0 Å². The molecular weight excluding hydrogens is 138 g/mol. The van der Waals surface area contributed by atoms with Gasteiger partial charge in [-0.3, -0.25) is 4.90 Å². The smallest absolute Gasteiger partial charge is 0.118 e. The van der Waals surface area contributed by atoms with Crippen molar-refractivity contribution in [3.05, 3.63) is 0 Å². The molecule has 0 bridgehead atoms. The van der Waals surface area contributed by atoms with E-state index in [0.29, 0.717) is 0 Å². The van der Waals surface area contributed by atoms with Crippen molar-refractivity contribution >= 4 is 11.6 Å². The van der Waals surface area contributed by atoms with Crippen LogP contribution in [0.2, 0.25) is 0 Å². The van der Waals surface area contributed by atoms with Crippen LogP contribution in [0.5, 0.6) is 0 Å². The molecule has 2 atom stereocenters. The first-order chi connectivity index (χ1) is 4.06. The third-order valence-electron chi connectivity index (χ3n) is 1.56. The molecule has 0 N–H and O–H groups in total. The third-order valence-corrected chi connectivity index (χ3v) is 2.41. The van der Waals surface area contributed by atoms with E-state index in [0.717, 1.165) is 6.61 Å². The van der Waals surface area contributed by atoms with E-state index in [1.165, 1.54) is 0 Å². The van der Waals surface area contributed by atoms with Gasteiger partial charge >= 0.3 is 0 Å². The van der Waals surface area contributed by atoms with E-state index in [1.54, 1.807) is 0 Å². The highest BCUT2D eigenvalue weighted by Gasteiger charge is 2.47. The Labute approximate surface area is 60.7 Å². The van der Waals surface area contributed by atoms with Crippen LogP contribution in [-0.2, 0) is 4.74 Å². The van der Waals surface area contributed by atoms with E-state index in [1.807, 2.05) is 25.9 Å². The summed E-state index contributed by atoms with van der Waals surface area (Å²) >= 11 is 5.96. The maximum Gasteiger partial charge on any atom is 0.118 e. The average Bonchev–Trinajstić information content (AvgIpc) is 2.47. The van der Waals surface area contributed by atoms with E-state index in [4.69, 9.17) is 16.3 Å². The van der Waals surface area contributed by atoms with Gasteiger partial charge < -0.3 is 4.74 Å². The highest BCUT2D eigenvalue weighted by Crippen LogP contribution is 2.34. The van der Waals surface area contributed by atoms with Gasteiger partial charge in [0, 0.05) is 0 Å². The standard InChI is InChI=1S/C6H12ClNO/c1-6(4-9-6)5(7)8(2)3/h5H,4H2,1-3H3. The average molecular weight is 150 g/mol. The van der Waals surface area contributed by atoms with Crippen molar-refractivity contribution in [3.8, 4) is 0 Å². The number of likely N-dealkylation sites (N-methyl/N-ethyl adjacent to an activating group) is 1. The molecule has 0 aliphatic carbocycles. The van der Waals surface area contributed by atoms with Gasteiger partial charge in [0.05, 0.1) is 6.61 Å². The molecule has 0 aromatic rings. The number of epoxide rings is 1. The molecule has 2 nitrogen and oxygen atoms in total. The van der Waals surface area contributed by atoms with Crippen molar-refractivity contribution in [2.24, 2.45) is 0 Å². The second kappa shape index (κ2) is 2.11. The van der Waals surface area contributed by atoms with E-state index < -0.39 is 0 Å². The summed E-state index contributed by atoms with van der Waals surface area (Å²) in [7, 11) is 3.90. The Morgan fingerprint density at radius 1 is 1.67 bits per heavy atom. The van der Waals surface area contributed by atoms with Crippen LogP contribution in [0.1, 0.15) is 6.92 Å². The van der Waals surface area contributed by atoms with Crippen LogP contribution in [0.4, 0.5) is 0 Å². The van der Waals surface area contributed by atoms with Gasteiger partial charge in [-0.1, -0.05) is 0 Å². The zero-order chi connectivity index (χ0) is 7.07. The summed E-state index contributed by atoms with van der Waals surface area (Å²) in [6.45, 7) is 2.81. The Kier molecular flexibility index (Phi) is 1.72. The van der Waals surface area contributed by atoms with Crippen LogP contribution in [0.3, 0.4) is 0 Å². The Balaban J connectivity index is 2.42. The number of nitrogens with zero attached hydrogens (tertiary/aromatic N) is 1. The van der Waals surface area contributed by atoms with E-state index in [-0.39, 0.29) is 11.1 Å². The van der Waals surface area contributed by atoms with Crippen molar-refractivity contribution in [3.63, 3.8) is 0 Å². The molecule has 1 aliphatic heterocycles. The first-order valence-corrected chi connectivity index (χ1v) is 3.44. The summed E-state index contributed by atoms with van der Waals surface area (Å²) < 4.78 is 5.15. The molecule has 1 rings (SSSR count). The summed E-state index contributed by atoms with van der Waals surface area (Å²) in [6, 6.07) is 0. The van der Waals surface area contributed by atoms with E-state index in [9.17, 15) is 0 Å². The molecule has 54 valence electrons. The molecule has 0 aromatic heterocycles. The lowest BCUT2D eigenvalue weighted by Gasteiger charge is -2.20. The van der Waals surface area contributed by atoms with Crippen LogP contribution >= 0.6 is 11.6 Å². The molecule has 0 amide bonds. The van der Waals surface area contributed by atoms with Gasteiger partial charge in [-0.25, -0.2) is 0 Å². The van der Waals surface area contributed by atoms with Crippen molar-refractivity contribution in [2.45, 2.75) is 18.0 Å². The van der Waals surface area contributed by atoms with Crippen molar-refractivity contribution < 1.29 is 4.74 Å². The molecule has 9 heavy (non-hydrogen) atoms. The van der Waals surface area contributed by atoms with Crippen molar-refractivity contribution in [1.29, 1.82) is 0 Å². The van der Waals surface area contributed by atoms with Crippen LogP contribution in [-0.4, -0.2) is 36.7 Å². The largest absolute Gasteiger partial charge is 0.367 e. The highest BCUT2D eigenvalue weighted by molar-refractivity contribution is 6.21. The number of hydrogen-bond donors (Lipinski definition) is 0. The Morgan fingerprint density at radius 2 is 2.11 bits per heavy atom. The maximum atomic E-state index is 5.96. The second-order valence-electron chi connectivity index (χ2n) is 2.90. The Hall–Kier alpha value is 0.210. The van der Waals surface area contributed by atoms with Gasteiger partial charge in [0.1, 0.15) is 11.1 Å². The Bertz CT molecular complexity index is 112. The van der Waals surface area contributed by atoms with Gasteiger partial charge in [0.15, 0.2) is 0 Å². The van der Waals surface area contributed by atoms with Gasteiger partial charge in [0.2, 0.25) is 0 Å². The monoisotopic (exact) mass is 149 g/mol.